The lowest BCUT2D eigenvalue weighted by atomic mass is 10.2. The van der Waals surface area contributed by atoms with Crippen LogP contribution >= 0.6 is 11.6 Å². The summed E-state index contributed by atoms with van der Waals surface area (Å²) in [5, 5.41) is 11.9. The summed E-state index contributed by atoms with van der Waals surface area (Å²) in [5.41, 5.74) is 6.01. The van der Waals surface area contributed by atoms with Crippen molar-refractivity contribution >= 4 is 17.4 Å². The molecule has 0 aromatic heterocycles. The predicted molar refractivity (Wildman–Crippen MR) is 70.6 cm³/mol. The molecule has 0 unspecified atom stereocenters. The first-order valence-corrected chi connectivity index (χ1v) is 5.96. The van der Waals surface area contributed by atoms with Gasteiger partial charge in [0.05, 0.1) is 11.6 Å². The molecular formula is C12H17ClN2O3. The number of nitrogens with two attached hydrogens (primary N) is 1. The van der Waals surface area contributed by atoms with Gasteiger partial charge in [0.1, 0.15) is 5.75 Å². The Morgan fingerprint density at radius 3 is 2.72 bits per heavy atom. The number of ether oxygens (including phenoxy) is 2. The average molecular weight is 273 g/mol. The number of benzene rings is 1. The van der Waals surface area contributed by atoms with Gasteiger partial charge in [-0.2, -0.15) is 0 Å². The number of methoxy groups -OCH3 is 1. The summed E-state index contributed by atoms with van der Waals surface area (Å²) in [6, 6.07) is 4.98. The van der Waals surface area contributed by atoms with Crippen LogP contribution in [0.25, 0.3) is 0 Å². The lowest BCUT2D eigenvalue weighted by Gasteiger charge is -2.09. The third kappa shape index (κ3) is 4.43. The summed E-state index contributed by atoms with van der Waals surface area (Å²) < 4.78 is 10.5. The molecule has 0 aliphatic rings. The highest BCUT2D eigenvalue weighted by Crippen LogP contribution is 2.25. The van der Waals surface area contributed by atoms with Crippen LogP contribution in [-0.2, 0) is 4.74 Å². The molecule has 0 radical (unpaired) electrons. The Morgan fingerprint density at radius 1 is 1.39 bits per heavy atom. The van der Waals surface area contributed by atoms with Crippen LogP contribution in [-0.4, -0.2) is 31.4 Å². The highest BCUT2D eigenvalue weighted by atomic mass is 35.5. The Bertz CT molecular complexity index is 410. The van der Waals surface area contributed by atoms with Gasteiger partial charge in [-0.05, 0) is 31.0 Å². The van der Waals surface area contributed by atoms with Gasteiger partial charge in [0.2, 0.25) is 0 Å². The third-order valence-electron chi connectivity index (χ3n) is 2.34. The van der Waals surface area contributed by atoms with Crippen LogP contribution in [0.4, 0.5) is 0 Å². The highest BCUT2D eigenvalue weighted by molar-refractivity contribution is 6.32. The van der Waals surface area contributed by atoms with Crippen molar-refractivity contribution in [1.82, 2.24) is 0 Å². The van der Waals surface area contributed by atoms with Crippen molar-refractivity contribution in [2.75, 3.05) is 20.3 Å². The van der Waals surface area contributed by atoms with E-state index in [0.717, 1.165) is 19.4 Å². The monoisotopic (exact) mass is 272 g/mol. The number of rotatable bonds is 7. The molecule has 0 spiro atoms. The minimum atomic E-state index is 0.0172. The van der Waals surface area contributed by atoms with Gasteiger partial charge >= 0.3 is 0 Å². The normalized spacial score (nSPS) is 11.6. The van der Waals surface area contributed by atoms with E-state index in [1.165, 1.54) is 0 Å². The first kappa shape index (κ1) is 14.6. The van der Waals surface area contributed by atoms with E-state index in [9.17, 15) is 0 Å². The van der Waals surface area contributed by atoms with E-state index >= 15 is 0 Å². The Labute approximate surface area is 111 Å². The average Bonchev–Trinajstić information content (AvgIpc) is 2.39. The number of amidine groups is 1. The van der Waals surface area contributed by atoms with Crippen LogP contribution in [0.15, 0.2) is 23.4 Å². The molecule has 1 rings (SSSR count). The van der Waals surface area contributed by atoms with Crippen LogP contribution < -0.4 is 10.5 Å². The first-order chi connectivity index (χ1) is 8.69. The fraction of sp³-hybridized carbons (Fsp3) is 0.417. The molecule has 0 bridgehead atoms. The Balaban J connectivity index is 2.52. The van der Waals surface area contributed by atoms with Crippen molar-refractivity contribution in [2.45, 2.75) is 12.8 Å². The molecule has 5 nitrogen and oxygen atoms in total. The van der Waals surface area contributed by atoms with Crippen LogP contribution in [0.5, 0.6) is 5.75 Å². The molecule has 0 atom stereocenters. The van der Waals surface area contributed by atoms with Gasteiger partial charge in [-0.15, -0.1) is 0 Å². The summed E-state index contributed by atoms with van der Waals surface area (Å²) in [6.07, 6.45) is 1.84. The van der Waals surface area contributed by atoms with E-state index in [1.807, 2.05) is 0 Å². The molecule has 1 aromatic carbocycles. The van der Waals surface area contributed by atoms with Crippen LogP contribution in [0.2, 0.25) is 5.02 Å². The number of halogens is 1. The van der Waals surface area contributed by atoms with E-state index in [0.29, 0.717) is 22.9 Å². The Kier molecular flexibility index (Phi) is 6.32. The van der Waals surface area contributed by atoms with Crippen LogP contribution in [0.3, 0.4) is 0 Å². The van der Waals surface area contributed by atoms with Gasteiger partial charge in [-0.25, -0.2) is 0 Å². The lowest BCUT2D eigenvalue weighted by Crippen LogP contribution is -2.13. The van der Waals surface area contributed by atoms with E-state index in [1.54, 1.807) is 25.3 Å². The number of hydrogen-bond donors (Lipinski definition) is 2. The third-order valence-corrected chi connectivity index (χ3v) is 2.63. The first-order valence-electron chi connectivity index (χ1n) is 5.58. The van der Waals surface area contributed by atoms with Gasteiger partial charge in [0.15, 0.2) is 5.84 Å². The molecule has 0 saturated heterocycles. The fourth-order valence-corrected chi connectivity index (χ4v) is 1.60. The number of unbranched alkanes of at least 4 members (excludes halogenated alkanes) is 1. The number of hydrogen-bond acceptors (Lipinski definition) is 4. The smallest absolute Gasteiger partial charge is 0.170 e. The van der Waals surface area contributed by atoms with Gasteiger partial charge in [-0.1, -0.05) is 16.8 Å². The van der Waals surface area contributed by atoms with Crippen molar-refractivity contribution in [3.8, 4) is 5.75 Å². The molecular weight excluding hydrogens is 256 g/mol. The van der Waals surface area contributed by atoms with Gasteiger partial charge in [-0.3, -0.25) is 0 Å². The largest absolute Gasteiger partial charge is 0.492 e. The summed E-state index contributed by atoms with van der Waals surface area (Å²) in [4.78, 5) is 0. The van der Waals surface area contributed by atoms with E-state index in [2.05, 4.69) is 5.16 Å². The zero-order valence-corrected chi connectivity index (χ0v) is 11.0. The van der Waals surface area contributed by atoms with Crippen LogP contribution in [0, 0.1) is 0 Å². The van der Waals surface area contributed by atoms with Crippen molar-refractivity contribution in [2.24, 2.45) is 10.9 Å². The second kappa shape index (κ2) is 7.79. The molecule has 0 aliphatic heterocycles. The minimum Gasteiger partial charge on any atom is -0.492 e. The molecule has 0 heterocycles. The zero-order valence-electron chi connectivity index (χ0n) is 10.2. The number of oxime groups is 1. The molecule has 0 fully saturated rings. The van der Waals surface area contributed by atoms with Gasteiger partial charge in [0, 0.05) is 19.3 Å². The molecule has 100 valence electrons. The molecule has 18 heavy (non-hydrogen) atoms. The number of nitrogens with zero attached hydrogens (tertiary/aromatic N) is 1. The van der Waals surface area contributed by atoms with Crippen molar-refractivity contribution in [3.63, 3.8) is 0 Å². The maximum atomic E-state index is 8.55. The van der Waals surface area contributed by atoms with E-state index < -0.39 is 0 Å². The summed E-state index contributed by atoms with van der Waals surface area (Å²) in [7, 11) is 1.67. The van der Waals surface area contributed by atoms with Crippen molar-refractivity contribution in [1.29, 1.82) is 0 Å². The van der Waals surface area contributed by atoms with Crippen molar-refractivity contribution < 1.29 is 14.7 Å². The summed E-state index contributed by atoms with van der Waals surface area (Å²) in [6.45, 7) is 1.30. The molecule has 0 saturated carbocycles. The molecule has 0 amide bonds. The lowest BCUT2D eigenvalue weighted by molar-refractivity contribution is 0.184. The zero-order chi connectivity index (χ0) is 13.4. The molecule has 6 heteroatoms. The maximum Gasteiger partial charge on any atom is 0.170 e. The van der Waals surface area contributed by atoms with Gasteiger partial charge in [0.25, 0.3) is 0 Å². The Hall–Kier alpha value is -1.46. The Morgan fingerprint density at radius 2 is 2.11 bits per heavy atom. The SMILES string of the molecule is COCCCCOc1ccc(/C(N)=N/O)cc1Cl. The minimum absolute atomic E-state index is 0.0172. The highest BCUT2D eigenvalue weighted by Gasteiger charge is 2.05. The van der Waals surface area contributed by atoms with Gasteiger partial charge < -0.3 is 20.4 Å². The van der Waals surface area contributed by atoms with E-state index in [-0.39, 0.29) is 5.84 Å². The molecule has 3 N–H and O–H groups in total. The fourth-order valence-electron chi connectivity index (χ4n) is 1.37. The summed E-state index contributed by atoms with van der Waals surface area (Å²) >= 11 is 6.03. The molecule has 0 aliphatic carbocycles. The van der Waals surface area contributed by atoms with E-state index in [4.69, 9.17) is 32.0 Å². The van der Waals surface area contributed by atoms with Crippen LogP contribution in [0.1, 0.15) is 18.4 Å². The summed E-state index contributed by atoms with van der Waals surface area (Å²) in [5.74, 6) is 0.604. The molecule has 1 aromatic rings. The predicted octanol–water partition coefficient (Wildman–Crippen LogP) is 2.24. The topological polar surface area (TPSA) is 77.1 Å². The standard InChI is InChI=1S/C12H17ClN2O3/c1-17-6-2-3-7-18-11-5-4-9(8-10(11)13)12(14)15-16/h4-5,8,16H,2-3,6-7H2,1H3,(H2,14,15). The van der Waals surface area contributed by atoms with Crippen molar-refractivity contribution in [3.05, 3.63) is 28.8 Å². The second-order valence-corrected chi connectivity index (χ2v) is 4.09. The second-order valence-electron chi connectivity index (χ2n) is 3.68. The quantitative estimate of drug-likeness (QED) is 0.262. The maximum absolute atomic E-state index is 8.55.